The van der Waals surface area contributed by atoms with Crippen LogP contribution in [0.1, 0.15) is 25.7 Å². The van der Waals surface area contributed by atoms with Crippen LogP contribution in [0.15, 0.2) is 0 Å². The molecule has 4 atom stereocenters. The molecule has 1 saturated heterocycles. The van der Waals surface area contributed by atoms with Gasteiger partial charge in [-0.05, 0) is 76.0 Å². The fourth-order valence-corrected chi connectivity index (χ4v) is 33.4. The summed E-state index contributed by atoms with van der Waals surface area (Å²) in [4.78, 5) is 0. The number of methoxy groups -OCH3 is 1. The minimum Gasteiger partial charge on any atom is -0.416 e. The van der Waals surface area contributed by atoms with Crippen LogP contribution in [0.5, 0.6) is 0 Å². The molecule has 0 aromatic heterocycles. The minimum atomic E-state index is -2.92. The smallest absolute Gasteiger partial charge is 0.416 e. The van der Waals surface area contributed by atoms with Crippen molar-refractivity contribution in [3.8, 4) is 0 Å². The molecule has 13 nitrogen and oxygen atoms in total. The average Bonchev–Trinajstić information content (AvgIpc) is 3.01. The van der Waals surface area contributed by atoms with E-state index in [4.69, 9.17) is 57.2 Å². The van der Waals surface area contributed by atoms with E-state index in [0.717, 1.165) is 19.3 Å². The lowest BCUT2D eigenvalue weighted by Gasteiger charge is -2.50. The topological polar surface area (TPSA) is 120 Å². The Morgan fingerprint density at radius 3 is 1.09 bits per heavy atom. The number of ether oxygens (including phenoxy) is 3. The van der Waals surface area contributed by atoms with Crippen LogP contribution in [-0.2, 0) is 57.2 Å². The van der Waals surface area contributed by atoms with Gasteiger partial charge in [0.25, 0.3) is 0 Å². The molecule has 0 aliphatic carbocycles. The third-order valence-electron chi connectivity index (χ3n) is 8.17. The number of hydrogen-bond donors (Lipinski definition) is 0. The predicted octanol–water partition coefficient (Wildman–Crippen LogP) is 5.28. The summed E-state index contributed by atoms with van der Waals surface area (Å²) in [5, 5.41) is 0. The van der Waals surface area contributed by atoms with Crippen LogP contribution < -0.4 is 0 Å². The average molecular weight is 771 g/mol. The SMILES string of the molecule is COCCOCCC[Si]1(C)O[Si](C)(CCCOCF)O[Si](C)(CCC[Si](OC)(OC)OC)O[Si](C)(CCC[Si](OC)(OC)OC)O1. The standard InChI is InChI=1S/C26H63FO13Si6/c1-28-18-19-35-16-12-20-41(8)37-42(9,21-13-17-36-26-27)39-44(11,23-15-25-46(32-5,33-6)34-7)40-43(10,38-41)22-14-24-45(29-2,30-3)31-4/h12-26H2,1-11H3. The summed E-state index contributed by atoms with van der Waals surface area (Å²) in [5.41, 5.74) is 0. The Bertz CT molecular complexity index is 808. The molecular formula is C26H63FO13Si6. The maximum absolute atomic E-state index is 12.8. The highest BCUT2D eigenvalue weighted by atomic mass is 28.5. The number of hydrogen-bond acceptors (Lipinski definition) is 13. The van der Waals surface area contributed by atoms with Crippen molar-refractivity contribution < 1.29 is 61.6 Å². The molecule has 46 heavy (non-hydrogen) atoms. The molecule has 4 unspecified atom stereocenters. The Morgan fingerprint density at radius 2 is 0.783 bits per heavy atom. The van der Waals surface area contributed by atoms with Crippen LogP contribution in [0.4, 0.5) is 4.39 Å². The van der Waals surface area contributed by atoms with Crippen molar-refractivity contribution in [1.29, 1.82) is 0 Å². The van der Waals surface area contributed by atoms with Crippen molar-refractivity contribution in [2.45, 2.75) is 88.1 Å². The maximum Gasteiger partial charge on any atom is 0.500 e. The van der Waals surface area contributed by atoms with Crippen LogP contribution in [0.2, 0.25) is 62.5 Å². The van der Waals surface area contributed by atoms with E-state index >= 15 is 0 Å². The molecule has 276 valence electrons. The van der Waals surface area contributed by atoms with E-state index in [0.29, 0.717) is 62.5 Å². The summed E-state index contributed by atoms with van der Waals surface area (Å²) in [6.07, 6.45) is 2.85. The minimum absolute atomic E-state index is 0.289. The predicted molar refractivity (Wildman–Crippen MR) is 186 cm³/mol. The lowest BCUT2D eigenvalue weighted by molar-refractivity contribution is 0.0573. The molecule has 0 spiro atoms. The van der Waals surface area contributed by atoms with Gasteiger partial charge in [-0.25, -0.2) is 4.39 Å². The van der Waals surface area contributed by atoms with Crippen molar-refractivity contribution in [1.82, 2.24) is 0 Å². The summed E-state index contributed by atoms with van der Waals surface area (Å²) >= 11 is 0. The zero-order valence-corrected chi connectivity index (χ0v) is 36.3. The fraction of sp³-hybridized carbons (Fsp3) is 1.00. The number of halogens is 1. The number of rotatable bonds is 26. The molecule has 1 heterocycles. The van der Waals surface area contributed by atoms with Crippen LogP contribution in [0.3, 0.4) is 0 Å². The van der Waals surface area contributed by atoms with Crippen LogP contribution in [-0.4, -0.2) is 135 Å². The molecule has 0 amide bonds. The molecule has 20 heteroatoms. The Hall–Kier alpha value is 0.711. The van der Waals surface area contributed by atoms with Gasteiger partial charge < -0.3 is 57.2 Å². The van der Waals surface area contributed by atoms with Gasteiger partial charge in [0.05, 0.1) is 13.2 Å². The van der Waals surface area contributed by atoms with Gasteiger partial charge in [-0.2, -0.15) is 0 Å². The first-order valence-corrected chi connectivity index (χ1v) is 30.0. The highest BCUT2D eigenvalue weighted by Crippen LogP contribution is 2.40. The van der Waals surface area contributed by atoms with Crippen LogP contribution >= 0.6 is 0 Å². The van der Waals surface area contributed by atoms with Crippen molar-refractivity contribution >= 4 is 51.9 Å². The van der Waals surface area contributed by atoms with Gasteiger partial charge in [-0.1, -0.05) is 0 Å². The van der Waals surface area contributed by atoms with E-state index in [9.17, 15) is 4.39 Å². The lowest BCUT2D eigenvalue weighted by atomic mass is 10.5. The summed E-state index contributed by atoms with van der Waals surface area (Å²) in [6, 6.07) is 3.96. The summed E-state index contributed by atoms with van der Waals surface area (Å²) in [6.45, 7) is 9.54. The third-order valence-corrected chi connectivity index (χ3v) is 32.7. The number of alkyl halides is 1. The molecule has 1 aliphatic heterocycles. The highest BCUT2D eigenvalue weighted by molar-refractivity contribution is 6.94. The highest BCUT2D eigenvalue weighted by Gasteiger charge is 2.57. The van der Waals surface area contributed by atoms with Gasteiger partial charge in [0.15, 0.2) is 6.86 Å². The first-order valence-electron chi connectivity index (χ1n) is 16.0. The lowest BCUT2D eigenvalue weighted by Crippen LogP contribution is -2.67. The van der Waals surface area contributed by atoms with Crippen molar-refractivity contribution in [3.05, 3.63) is 0 Å². The second-order valence-corrected chi connectivity index (χ2v) is 32.6. The first kappa shape index (κ1) is 44.7. The monoisotopic (exact) mass is 770 g/mol. The van der Waals surface area contributed by atoms with E-state index in [1.807, 2.05) is 0 Å². The van der Waals surface area contributed by atoms with E-state index < -0.39 is 58.7 Å². The largest absolute Gasteiger partial charge is 0.500 e. The van der Waals surface area contributed by atoms with Gasteiger partial charge in [-0.3, -0.25) is 0 Å². The molecule has 0 N–H and O–H groups in total. The van der Waals surface area contributed by atoms with Gasteiger partial charge >= 0.3 is 51.9 Å². The molecule has 0 saturated carbocycles. The molecular weight excluding hydrogens is 708 g/mol. The van der Waals surface area contributed by atoms with Crippen molar-refractivity contribution in [2.75, 3.05) is 83.1 Å². The molecule has 0 radical (unpaired) electrons. The Labute approximate surface area is 284 Å². The van der Waals surface area contributed by atoms with Gasteiger partial charge in [0, 0.05) is 75.1 Å². The van der Waals surface area contributed by atoms with Crippen LogP contribution in [0.25, 0.3) is 0 Å². The second kappa shape index (κ2) is 21.8. The first-order chi connectivity index (χ1) is 21.7. The van der Waals surface area contributed by atoms with Crippen molar-refractivity contribution in [3.63, 3.8) is 0 Å². The second-order valence-electron chi connectivity index (χ2n) is 12.1. The Morgan fingerprint density at radius 1 is 0.457 bits per heavy atom. The molecule has 0 aromatic rings. The van der Waals surface area contributed by atoms with E-state index in [1.54, 1.807) is 49.8 Å². The van der Waals surface area contributed by atoms with Crippen molar-refractivity contribution in [2.24, 2.45) is 0 Å². The van der Waals surface area contributed by atoms with Gasteiger partial charge in [0.1, 0.15) is 0 Å². The Balaban J connectivity index is 3.39. The van der Waals surface area contributed by atoms with Gasteiger partial charge in [-0.15, -0.1) is 0 Å². The third kappa shape index (κ3) is 15.3. The van der Waals surface area contributed by atoms with E-state index in [2.05, 4.69) is 26.2 Å². The quantitative estimate of drug-likeness (QED) is 0.0840. The fourth-order valence-electron chi connectivity index (χ4n) is 5.97. The zero-order chi connectivity index (χ0) is 34.8. The molecule has 1 fully saturated rings. The van der Waals surface area contributed by atoms with E-state index in [-0.39, 0.29) is 6.61 Å². The van der Waals surface area contributed by atoms with E-state index in [1.165, 1.54) is 0 Å². The molecule has 1 aliphatic rings. The molecule has 0 bridgehead atoms. The maximum atomic E-state index is 12.8. The summed E-state index contributed by atoms with van der Waals surface area (Å²) in [7, 11) is -5.76. The summed E-state index contributed by atoms with van der Waals surface area (Å²) in [5.74, 6) is 0. The zero-order valence-electron chi connectivity index (χ0n) is 30.3. The normalized spacial score (nSPS) is 27.9. The molecule has 0 aromatic carbocycles. The molecule has 1 rings (SSSR count). The Kier molecular flexibility index (Phi) is 21.2. The van der Waals surface area contributed by atoms with Gasteiger partial charge in [0.2, 0.25) is 0 Å². The van der Waals surface area contributed by atoms with Crippen LogP contribution in [0, 0.1) is 0 Å². The summed E-state index contributed by atoms with van der Waals surface area (Å²) < 4.78 is 91.6.